The smallest absolute Gasteiger partial charge is 0.217 e. The van der Waals surface area contributed by atoms with Crippen LogP contribution in [0.1, 0.15) is 44.3 Å². The molecule has 0 amide bonds. The van der Waals surface area contributed by atoms with Gasteiger partial charge < -0.3 is 13.9 Å². The zero-order valence-electron chi connectivity index (χ0n) is 12.4. The van der Waals surface area contributed by atoms with Crippen molar-refractivity contribution in [1.82, 2.24) is 4.98 Å². The minimum Gasteiger partial charge on any atom is -0.454 e. The molecule has 2 aromatic rings. The van der Waals surface area contributed by atoms with Crippen molar-refractivity contribution in [3.63, 3.8) is 0 Å². The molecule has 0 unspecified atom stereocenters. The summed E-state index contributed by atoms with van der Waals surface area (Å²) in [6.45, 7) is 4.99. The SMILES string of the molecule is CCOC(OCC)c1cc2cncc(C#CC3CC3)c2o1. The van der Waals surface area contributed by atoms with Crippen molar-refractivity contribution in [3.05, 3.63) is 29.8 Å². The molecule has 0 bridgehead atoms. The van der Waals surface area contributed by atoms with E-state index in [2.05, 4.69) is 16.8 Å². The van der Waals surface area contributed by atoms with Gasteiger partial charge in [-0.3, -0.25) is 4.98 Å². The molecule has 1 fully saturated rings. The second-order valence-electron chi connectivity index (χ2n) is 5.04. The minimum atomic E-state index is -0.475. The highest BCUT2D eigenvalue weighted by atomic mass is 16.7. The van der Waals surface area contributed by atoms with Crippen LogP contribution in [-0.4, -0.2) is 18.2 Å². The van der Waals surface area contributed by atoms with Crippen LogP contribution in [0.25, 0.3) is 11.0 Å². The van der Waals surface area contributed by atoms with Crippen molar-refractivity contribution in [2.75, 3.05) is 13.2 Å². The number of furan rings is 1. The van der Waals surface area contributed by atoms with Gasteiger partial charge in [-0.2, -0.15) is 0 Å². The molecule has 0 saturated heterocycles. The van der Waals surface area contributed by atoms with Gasteiger partial charge in [-0.25, -0.2) is 0 Å². The fourth-order valence-corrected chi connectivity index (χ4v) is 2.11. The van der Waals surface area contributed by atoms with E-state index < -0.39 is 6.29 Å². The molecule has 1 saturated carbocycles. The highest BCUT2D eigenvalue weighted by Crippen LogP contribution is 2.30. The number of rotatable bonds is 5. The van der Waals surface area contributed by atoms with Crippen molar-refractivity contribution in [1.29, 1.82) is 0 Å². The first kappa shape index (κ1) is 14.1. The molecular formula is C17H19NO3. The Balaban J connectivity index is 1.95. The number of hydrogen-bond donors (Lipinski definition) is 0. The van der Waals surface area contributed by atoms with Gasteiger partial charge in [0, 0.05) is 36.9 Å². The first-order chi connectivity index (χ1) is 10.3. The summed E-state index contributed by atoms with van der Waals surface area (Å²) in [5.41, 5.74) is 1.59. The van der Waals surface area contributed by atoms with E-state index in [4.69, 9.17) is 13.9 Å². The van der Waals surface area contributed by atoms with Crippen LogP contribution in [0.15, 0.2) is 22.9 Å². The van der Waals surface area contributed by atoms with Crippen molar-refractivity contribution in [2.24, 2.45) is 5.92 Å². The van der Waals surface area contributed by atoms with Gasteiger partial charge in [0.2, 0.25) is 6.29 Å². The van der Waals surface area contributed by atoms with Gasteiger partial charge in [0.15, 0.2) is 11.3 Å². The van der Waals surface area contributed by atoms with E-state index in [0.717, 1.165) is 16.5 Å². The molecule has 21 heavy (non-hydrogen) atoms. The van der Waals surface area contributed by atoms with Crippen LogP contribution in [0, 0.1) is 17.8 Å². The van der Waals surface area contributed by atoms with E-state index in [1.165, 1.54) is 12.8 Å². The Kier molecular flexibility index (Phi) is 4.23. The average Bonchev–Trinajstić information content (AvgIpc) is 3.21. The normalized spacial score (nSPS) is 14.4. The summed E-state index contributed by atoms with van der Waals surface area (Å²) >= 11 is 0. The molecule has 1 aliphatic carbocycles. The highest BCUT2D eigenvalue weighted by Gasteiger charge is 2.19. The van der Waals surface area contributed by atoms with E-state index in [0.29, 0.717) is 24.9 Å². The lowest BCUT2D eigenvalue weighted by Gasteiger charge is -2.13. The average molecular weight is 285 g/mol. The first-order valence-corrected chi connectivity index (χ1v) is 7.44. The summed E-state index contributed by atoms with van der Waals surface area (Å²) in [6, 6.07) is 1.92. The molecule has 4 nitrogen and oxygen atoms in total. The molecule has 2 heterocycles. The summed E-state index contributed by atoms with van der Waals surface area (Å²) in [6.07, 6.45) is 5.46. The molecule has 0 spiro atoms. The van der Waals surface area contributed by atoms with Crippen LogP contribution < -0.4 is 0 Å². The predicted molar refractivity (Wildman–Crippen MR) is 79.6 cm³/mol. The third-order valence-electron chi connectivity index (χ3n) is 3.30. The molecule has 110 valence electrons. The van der Waals surface area contributed by atoms with Crippen LogP contribution in [0.5, 0.6) is 0 Å². The lowest BCUT2D eigenvalue weighted by Crippen LogP contribution is -2.07. The van der Waals surface area contributed by atoms with Gasteiger partial charge in [-0.15, -0.1) is 0 Å². The summed E-state index contributed by atoms with van der Waals surface area (Å²) < 4.78 is 17.1. The largest absolute Gasteiger partial charge is 0.454 e. The number of nitrogens with zero attached hydrogens (tertiary/aromatic N) is 1. The van der Waals surface area contributed by atoms with Crippen molar-refractivity contribution in [3.8, 4) is 11.8 Å². The predicted octanol–water partition coefficient (Wildman–Crippen LogP) is 3.66. The van der Waals surface area contributed by atoms with Crippen LogP contribution >= 0.6 is 0 Å². The van der Waals surface area contributed by atoms with E-state index in [1.54, 1.807) is 12.4 Å². The molecule has 1 aliphatic rings. The fraction of sp³-hybridized carbons (Fsp3) is 0.471. The zero-order chi connectivity index (χ0) is 14.7. The molecule has 0 N–H and O–H groups in total. The van der Waals surface area contributed by atoms with Gasteiger partial charge in [0.1, 0.15) is 0 Å². The van der Waals surface area contributed by atoms with E-state index in [9.17, 15) is 0 Å². The number of fused-ring (bicyclic) bond motifs is 1. The standard InChI is InChI=1S/C17H19NO3/c1-3-19-17(20-4-2)15-9-14-11-18-10-13(16(14)21-15)8-7-12-5-6-12/h9-12,17H,3-6H2,1-2H3. The number of aromatic nitrogens is 1. The first-order valence-electron chi connectivity index (χ1n) is 7.44. The maximum Gasteiger partial charge on any atom is 0.217 e. The van der Waals surface area contributed by atoms with E-state index in [1.807, 2.05) is 19.9 Å². The Morgan fingerprint density at radius 1 is 1.29 bits per heavy atom. The highest BCUT2D eigenvalue weighted by molar-refractivity contribution is 5.82. The Labute approximate surface area is 124 Å². The van der Waals surface area contributed by atoms with Gasteiger partial charge in [-0.05, 0) is 32.8 Å². The Morgan fingerprint density at radius 2 is 2.05 bits per heavy atom. The number of pyridine rings is 1. The third kappa shape index (κ3) is 3.26. The lowest BCUT2D eigenvalue weighted by molar-refractivity contribution is -0.150. The van der Waals surface area contributed by atoms with Crippen molar-refractivity contribution < 1.29 is 13.9 Å². The van der Waals surface area contributed by atoms with Gasteiger partial charge in [0.25, 0.3) is 0 Å². The summed E-state index contributed by atoms with van der Waals surface area (Å²) in [5, 5.41) is 0.928. The Morgan fingerprint density at radius 3 is 2.71 bits per heavy atom. The molecule has 3 rings (SSSR count). The molecule has 0 atom stereocenters. The second-order valence-corrected chi connectivity index (χ2v) is 5.04. The Hall–Kier alpha value is -1.83. The molecule has 0 aromatic carbocycles. The van der Waals surface area contributed by atoms with Gasteiger partial charge >= 0.3 is 0 Å². The topological polar surface area (TPSA) is 44.5 Å². The van der Waals surface area contributed by atoms with Gasteiger partial charge in [-0.1, -0.05) is 11.8 Å². The van der Waals surface area contributed by atoms with Crippen LogP contribution in [0.4, 0.5) is 0 Å². The fourth-order valence-electron chi connectivity index (χ4n) is 2.11. The molecule has 0 radical (unpaired) electrons. The molecule has 4 heteroatoms. The molecule has 0 aliphatic heterocycles. The number of hydrogen-bond acceptors (Lipinski definition) is 4. The molecular weight excluding hydrogens is 266 g/mol. The van der Waals surface area contributed by atoms with Crippen molar-refractivity contribution >= 4 is 11.0 Å². The number of ether oxygens (including phenoxy) is 2. The van der Waals surface area contributed by atoms with Crippen LogP contribution in [-0.2, 0) is 9.47 Å². The van der Waals surface area contributed by atoms with E-state index in [-0.39, 0.29) is 0 Å². The van der Waals surface area contributed by atoms with Crippen LogP contribution in [0.2, 0.25) is 0 Å². The maximum atomic E-state index is 5.93. The maximum absolute atomic E-state index is 5.93. The summed E-state index contributed by atoms with van der Waals surface area (Å²) in [5.74, 6) is 7.63. The monoisotopic (exact) mass is 285 g/mol. The van der Waals surface area contributed by atoms with Crippen LogP contribution in [0.3, 0.4) is 0 Å². The third-order valence-corrected chi connectivity index (χ3v) is 3.30. The van der Waals surface area contributed by atoms with Crippen molar-refractivity contribution in [2.45, 2.75) is 33.0 Å². The summed E-state index contributed by atoms with van der Waals surface area (Å²) in [4.78, 5) is 4.23. The zero-order valence-corrected chi connectivity index (χ0v) is 12.4. The second kappa shape index (κ2) is 6.30. The Bertz CT molecular complexity index is 670. The quantitative estimate of drug-likeness (QED) is 0.621. The van der Waals surface area contributed by atoms with E-state index >= 15 is 0 Å². The lowest BCUT2D eigenvalue weighted by atomic mass is 10.2. The summed E-state index contributed by atoms with van der Waals surface area (Å²) in [7, 11) is 0. The minimum absolute atomic E-state index is 0.475. The van der Waals surface area contributed by atoms with Gasteiger partial charge in [0.05, 0.1) is 5.56 Å². The molecule has 2 aromatic heterocycles.